The van der Waals surface area contributed by atoms with Crippen LogP contribution in [0.3, 0.4) is 0 Å². The molecule has 0 bridgehead atoms. The van der Waals surface area contributed by atoms with E-state index in [-0.39, 0.29) is 0 Å². The minimum Gasteiger partial charge on any atom is -0.298 e. The van der Waals surface area contributed by atoms with Crippen LogP contribution in [0.5, 0.6) is 0 Å². The molecule has 0 aliphatic carbocycles. The van der Waals surface area contributed by atoms with Crippen LogP contribution in [0.1, 0.15) is 10.7 Å². The second kappa shape index (κ2) is 5.67. The predicted molar refractivity (Wildman–Crippen MR) is 67.1 cm³/mol. The first kappa shape index (κ1) is 11.9. The lowest BCUT2D eigenvalue weighted by molar-refractivity contribution is 0.314. The molecule has 6 nitrogen and oxygen atoms in total. The maximum atomic E-state index is 5.25. The second-order valence-electron chi connectivity index (χ2n) is 3.64. The van der Waals surface area contributed by atoms with Crippen molar-refractivity contribution in [2.75, 3.05) is 12.5 Å². The van der Waals surface area contributed by atoms with Crippen molar-refractivity contribution < 1.29 is 0 Å². The molecule has 0 unspecified atom stereocenters. The molecule has 0 saturated heterocycles. The maximum absolute atomic E-state index is 5.25. The van der Waals surface area contributed by atoms with Crippen molar-refractivity contribution in [2.45, 2.75) is 13.1 Å². The zero-order valence-electron chi connectivity index (χ0n) is 9.50. The number of nitrogen functional groups attached to an aromatic ring is 1. The summed E-state index contributed by atoms with van der Waals surface area (Å²) in [4.78, 5) is 6.40. The number of nitrogens with two attached hydrogens (primary N) is 1. The number of nitrogens with one attached hydrogen (secondary N) is 1. The Balaban J connectivity index is 1.91. The SMILES string of the molecule is CN(Cc1ccccn1)Cc1nnc(NN)s1. The minimum atomic E-state index is 0.631. The molecule has 7 heteroatoms. The Labute approximate surface area is 103 Å². The predicted octanol–water partition coefficient (Wildman–Crippen LogP) is 0.851. The summed E-state index contributed by atoms with van der Waals surface area (Å²) in [6.45, 7) is 1.52. The van der Waals surface area contributed by atoms with Crippen molar-refractivity contribution in [1.82, 2.24) is 20.1 Å². The summed E-state index contributed by atoms with van der Waals surface area (Å²) in [6, 6.07) is 5.90. The van der Waals surface area contributed by atoms with E-state index in [0.29, 0.717) is 5.13 Å². The van der Waals surface area contributed by atoms with E-state index in [1.807, 2.05) is 25.2 Å². The molecule has 17 heavy (non-hydrogen) atoms. The van der Waals surface area contributed by atoms with Crippen molar-refractivity contribution in [3.63, 3.8) is 0 Å². The van der Waals surface area contributed by atoms with Gasteiger partial charge >= 0.3 is 0 Å². The van der Waals surface area contributed by atoms with Crippen LogP contribution in [0, 0.1) is 0 Å². The summed E-state index contributed by atoms with van der Waals surface area (Å²) in [5, 5.41) is 9.48. The number of aromatic nitrogens is 3. The van der Waals surface area contributed by atoms with Crippen LogP contribution in [0.2, 0.25) is 0 Å². The van der Waals surface area contributed by atoms with Crippen LogP contribution in [-0.2, 0) is 13.1 Å². The fourth-order valence-corrected chi connectivity index (χ4v) is 2.16. The Hall–Kier alpha value is -1.57. The van der Waals surface area contributed by atoms with E-state index in [2.05, 4.69) is 25.5 Å². The fourth-order valence-electron chi connectivity index (χ4n) is 1.43. The molecule has 0 spiro atoms. The molecule has 0 amide bonds. The summed E-state index contributed by atoms with van der Waals surface area (Å²) in [5.74, 6) is 5.25. The number of nitrogens with zero attached hydrogens (tertiary/aromatic N) is 4. The van der Waals surface area contributed by atoms with Crippen molar-refractivity contribution in [1.29, 1.82) is 0 Å². The highest BCUT2D eigenvalue weighted by Crippen LogP contribution is 2.15. The average Bonchev–Trinajstić information content (AvgIpc) is 2.78. The standard InChI is InChI=1S/C10H14N6S/c1-16(6-8-4-2-3-5-12-8)7-9-14-15-10(13-11)17-9/h2-5H,6-7,11H2,1H3,(H,13,15). The van der Waals surface area contributed by atoms with Crippen LogP contribution in [-0.4, -0.2) is 27.1 Å². The van der Waals surface area contributed by atoms with E-state index < -0.39 is 0 Å². The van der Waals surface area contributed by atoms with Crippen LogP contribution < -0.4 is 11.3 Å². The zero-order valence-corrected chi connectivity index (χ0v) is 10.3. The highest BCUT2D eigenvalue weighted by atomic mass is 32.1. The fraction of sp³-hybridized carbons (Fsp3) is 0.300. The van der Waals surface area contributed by atoms with Gasteiger partial charge in [0.05, 0.1) is 12.2 Å². The first-order valence-electron chi connectivity index (χ1n) is 5.15. The van der Waals surface area contributed by atoms with Crippen LogP contribution >= 0.6 is 11.3 Å². The first-order valence-corrected chi connectivity index (χ1v) is 5.97. The van der Waals surface area contributed by atoms with Gasteiger partial charge in [-0.3, -0.25) is 15.3 Å². The molecule has 0 saturated carbocycles. The number of anilines is 1. The molecule has 0 aliphatic rings. The summed E-state index contributed by atoms with van der Waals surface area (Å²) >= 11 is 1.45. The lowest BCUT2D eigenvalue weighted by Gasteiger charge is -2.13. The molecule has 0 fully saturated rings. The molecule has 0 radical (unpaired) electrons. The molecule has 2 rings (SSSR count). The van der Waals surface area contributed by atoms with Crippen molar-refractivity contribution in [3.05, 3.63) is 35.1 Å². The minimum absolute atomic E-state index is 0.631. The Bertz CT molecular complexity index is 457. The highest BCUT2D eigenvalue weighted by Gasteiger charge is 2.07. The van der Waals surface area contributed by atoms with Gasteiger partial charge in [-0.2, -0.15) is 0 Å². The van der Waals surface area contributed by atoms with Crippen LogP contribution in [0.4, 0.5) is 5.13 Å². The highest BCUT2D eigenvalue weighted by molar-refractivity contribution is 7.15. The summed E-state index contributed by atoms with van der Waals surface area (Å²) in [5.41, 5.74) is 3.52. The van der Waals surface area contributed by atoms with E-state index in [0.717, 1.165) is 23.8 Å². The number of rotatable bonds is 5. The molecular formula is C10H14N6S. The first-order chi connectivity index (χ1) is 8.28. The summed E-state index contributed by atoms with van der Waals surface area (Å²) < 4.78 is 0. The number of hydrogen-bond donors (Lipinski definition) is 2. The van der Waals surface area contributed by atoms with Gasteiger partial charge in [0.2, 0.25) is 5.13 Å². The van der Waals surface area contributed by atoms with Gasteiger partial charge in [-0.15, -0.1) is 10.2 Å². The molecule has 0 atom stereocenters. The van der Waals surface area contributed by atoms with E-state index >= 15 is 0 Å². The lowest BCUT2D eigenvalue weighted by Crippen LogP contribution is -2.17. The Kier molecular flexibility index (Phi) is 3.97. The van der Waals surface area contributed by atoms with Crippen LogP contribution in [0.25, 0.3) is 0 Å². The van der Waals surface area contributed by atoms with Gasteiger partial charge in [-0.05, 0) is 19.2 Å². The molecule has 90 valence electrons. The van der Waals surface area contributed by atoms with Gasteiger partial charge in [0.15, 0.2) is 0 Å². The Morgan fingerprint density at radius 3 is 2.88 bits per heavy atom. The largest absolute Gasteiger partial charge is 0.298 e. The number of hydrazine groups is 1. The lowest BCUT2D eigenvalue weighted by atomic mass is 10.3. The third-order valence-corrected chi connectivity index (χ3v) is 2.99. The van der Waals surface area contributed by atoms with Gasteiger partial charge in [0.1, 0.15) is 5.01 Å². The van der Waals surface area contributed by atoms with Crippen LogP contribution in [0.15, 0.2) is 24.4 Å². The molecule has 2 aromatic heterocycles. The topological polar surface area (TPSA) is 80.0 Å². The molecule has 2 aromatic rings. The van der Waals surface area contributed by atoms with E-state index in [1.165, 1.54) is 11.3 Å². The number of pyridine rings is 1. The molecule has 3 N–H and O–H groups in total. The molecule has 0 aliphatic heterocycles. The van der Waals surface area contributed by atoms with E-state index in [9.17, 15) is 0 Å². The summed E-state index contributed by atoms with van der Waals surface area (Å²) in [6.07, 6.45) is 1.80. The summed E-state index contributed by atoms with van der Waals surface area (Å²) in [7, 11) is 2.02. The van der Waals surface area contributed by atoms with Gasteiger partial charge in [-0.1, -0.05) is 17.4 Å². The third-order valence-electron chi connectivity index (χ3n) is 2.15. The Morgan fingerprint density at radius 2 is 2.24 bits per heavy atom. The average molecular weight is 250 g/mol. The number of hydrogen-bond acceptors (Lipinski definition) is 7. The second-order valence-corrected chi connectivity index (χ2v) is 4.70. The van der Waals surface area contributed by atoms with Crippen molar-refractivity contribution >= 4 is 16.5 Å². The Morgan fingerprint density at radius 1 is 1.35 bits per heavy atom. The third kappa shape index (κ3) is 3.45. The van der Waals surface area contributed by atoms with Crippen molar-refractivity contribution in [3.8, 4) is 0 Å². The van der Waals surface area contributed by atoms with E-state index in [4.69, 9.17) is 5.84 Å². The normalized spacial score (nSPS) is 10.8. The van der Waals surface area contributed by atoms with Gasteiger partial charge in [0.25, 0.3) is 0 Å². The monoisotopic (exact) mass is 250 g/mol. The van der Waals surface area contributed by atoms with Gasteiger partial charge in [-0.25, -0.2) is 5.84 Å². The smallest absolute Gasteiger partial charge is 0.219 e. The molecule has 2 heterocycles. The van der Waals surface area contributed by atoms with Gasteiger partial charge in [0, 0.05) is 12.7 Å². The van der Waals surface area contributed by atoms with Gasteiger partial charge < -0.3 is 0 Å². The van der Waals surface area contributed by atoms with E-state index in [1.54, 1.807) is 6.20 Å². The molecule has 0 aromatic carbocycles. The maximum Gasteiger partial charge on any atom is 0.219 e. The van der Waals surface area contributed by atoms with Crippen molar-refractivity contribution in [2.24, 2.45) is 5.84 Å². The quantitative estimate of drug-likeness (QED) is 0.605. The molecular weight excluding hydrogens is 236 g/mol. The zero-order chi connectivity index (χ0) is 12.1.